The summed E-state index contributed by atoms with van der Waals surface area (Å²) in [4.78, 5) is 25.6. The lowest BCUT2D eigenvalue weighted by Gasteiger charge is -2.34. The Morgan fingerprint density at radius 3 is 1.94 bits per heavy atom. The third-order valence-corrected chi connectivity index (χ3v) is 3.61. The number of imide groups is 1. The Balaban J connectivity index is 2.56. The fraction of sp³-hybridized carbons (Fsp3) is 0.357. The second kappa shape index (κ2) is 3.95. The fourth-order valence-electron chi connectivity index (χ4n) is 2.05. The Hall–Kier alpha value is -2.15. The van der Waals surface area contributed by atoms with Crippen molar-refractivity contribution >= 4 is 11.8 Å². The Morgan fingerprint density at radius 2 is 1.61 bits per heavy atom. The molecule has 2 amide bonds. The lowest BCUT2D eigenvalue weighted by molar-refractivity contribution is 0.0465. The average Bonchev–Trinajstić information content (AvgIpc) is 2.62. The number of nitriles is 1. The zero-order valence-corrected chi connectivity index (χ0v) is 10.6. The molecule has 0 aliphatic carbocycles. The van der Waals surface area contributed by atoms with E-state index in [0.29, 0.717) is 11.1 Å². The second-order valence-electron chi connectivity index (χ2n) is 4.91. The smallest absolute Gasteiger partial charge is 0.262 e. The van der Waals surface area contributed by atoms with Crippen molar-refractivity contribution in [3.8, 4) is 6.07 Å². The zero-order valence-electron chi connectivity index (χ0n) is 10.6. The summed E-state index contributed by atoms with van der Waals surface area (Å²) in [7, 11) is 0. The number of benzene rings is 1. The van der Waals surface area contributed by atoms with Crippen molar-refractivity contribution in [2.24, 2.45) is 5.92 Å². The van der Waals surface area contributed by atoms with Gasteiger partial charge < -0.3 is 0 Å². The Bertz CT molecular complexity index is 536. The number of nitrogens with zero attached hydrogens (tertiary/aromatic N) is 2. The van der Waals surface area contributed by atoms with Crippen molar-refractivity contribution in [2.75, 3.05) is 0 Å². The second-order valence-corrected chi connectivity index (χ2v) is 4.91. The predicted octanol–water partition coefficient (Wildman–Crippen LogP) is 2.22. The number of carbonyl (C=O) groups is 2. The molecule has 4 nitrogen and oxygen atoms in total. The normalized spacial score (nSPS) is 17.6. The quantitative estimate of drug-likeness (QED) is 0.747. The van der Waals surface area contributed by atoms with Crippen molar-refractivity contribution in [3.05, 3.63) is 35.4 Å². The van der Waals surface area contributed by atoms with Crippen LogP contribution < -0.4 is 0 Å². The average molecular weight is 242 g/mol. The largest absolute Gasteiger partial charge is 0.269 e. The molecule has 0 aromatic heterocycles. The molecule has 2 rings (SSSR count). The van der Waals surface area contributed by atoms with Crippen LogP contribution in [-0.4, -0.2) is 22.3 Å². The molecule has 4 heteroatoms. The highest BCUT2D eigenvalue weighted by Crippen LogP contribution is 2.33. The van der Waals surface area contributed by atoms with E-state index in [-0.39, 0.29) is 17.7 Å². The molecular weight excluding hydrogens is 228 g/mol. The molecule has 0 saturated heterocycles. The standard InChI is InChI=1S/C14H14N2O2/c1-9(2)14(3,8-15)16-12(17)10-6-4-5-7-11(10)13(16)18/h4-7,9H,1-3H3. The van der Waals surface area contributed by atoms with Gasteiger partial charge in [-0.2, -0.15) is 5.26 Å². The van der Waals surface area contributed by atoms with Crippen molar-refractivity contribution < 1.29 is 9.59 Å². The third-order valence-electron chi connectivity index (χ3n) is 3.61. The van der Waals surface area contributed by atoms with Crippen molar-refractivity contribution in [1.29, 1.82) is 5.26 Å². The minimum absolute atomic E-state index is 0.135. The van der Waals surface area contributed by atoms with E-state index in [0.717, 1.165) is 4.90 Å². The van der Waals surface area contributed by atoms with Crippen LogP contribution in [-0.2, 0) is 0 Å². The van der Waals surface area contributed by atoms with Gasteiger partial charge in [0.05, 0.1) is 17.2 Å². The molecule has 0 N–H and O–H groups in total. The van der Waals surface area contributed by atoms with Gasteiger partial charge in [0.25, 0.3) is 11.8 Å². The van der Waals surface area contributed by atoms with E-state index < -0.39 is 5.54 Å². The lowest BCUT2D eigenvalue weighted by Crippen LogP contribution is -2.52. The molecular formula is C14H14N2O2. The molecule has 0 spiro atoms. The maximum absolute atomic E-state index is 12.3. The number of fused-ring (bicyclic) bond motifs is 1. The molecule has 1 aromatic carbocycles. The summed E-state index contributed by atoms with van der Waals surface area (Å²) in [6.45, 7) is 5.28. The first-order chi connectivity index (χ1) is 8.43. The van der Waals surface area contributed by atoms with Gasteiger partial charge in [0, 0.05) is 0 Å². The molecule has 1 aromatic rings. The van der Waals surface area contributed by atoms with Gasteiger partial charge in [-0.1, -0.05) is 26.0 Å². The van der Waals surface area contributed by atoms with Crippen LogP contribution in [0.25, 0.3) is 0 Å². The van der Waals surface area contributed by atoms with Crippen LogP contribution in [0.2, 0.25) is 0 Å². The van der Waals surface area contributed by atoms with Crippen LogP contribution in [0.5, 0.6) is 0 Å². The van der Waals surface area contributed by atoms with Gasteiger partial charge >= 0.3 is 0 Å². The number of amides is 2. The highest BCUT2D eigenvalue weighted by molar-refractivity contribution is 6.22. The molecule has 0 radical (unpaired) electrons. The first-order valence-corrected chi connectivity index (χ1v) is 5.82. The van der Waals surface area contributed by atoms with E-state index >= 15 is 0 Å². The maximum Gasteiger partial charge on any atom is 0.262 e. The van der Waals surface area contributed by atoms with Gasteiger partial charge in [-0.15, -0.1) is 0 Å². The fourth-order valence-corrected chi connectivity index (χ4v) is 2.05. The van der Waals surface area contributed by atoms with Gasteiger partial charge in [-0.3, -0.25) is 14.5 Å². The van der Waals surface area contributed by atoms with Crippen LogP contribution in [0.4, 0.5) is 0 Å². The molecule has 1 atom stereocenters. The highest BCUT2D eigenvalue weighted by Gasteiger charge is 2.48. The summed E-state index contributed by atoms with van der Waals surface area (Å²) in [5.41, 5.74) is -0.359. The number of carbonyl (C=O) groups excluding carboxylic acids is 2. The topological polar surface area (TPSA) is 61.2 Å². The molecule has 92 valence electrons. The van der Waals surface area contributed by atoms with Crippen LogP contribution >= 0.6 is 0 Å². The summed E-state index contributed by atoms with van der Waals surface area (Å²) in [5.74, 6) is -0.897. The third kappa shape index (κ3) is 1.44. The summed E-state index contributed by atoms with van der Waals surface area (Å²) < 4.78 is 0. The molecule has 18 heavy (non-hydrogen) atoms. The minimum Gasteiger partial charge on any atom is -0.269 e. The van der Waals surface area contributed by atoms with E-state index in [2.05, 4.69) is 6.07 Å². The number of rotatable bonds is 2. The van der Waals surface area contributed by atoms with Crippen molar-refractivity contribution in [3.63, 3.8) is 0 Å². The molecule has 0 fully saturated rings. The first kappa shape index (κ1) is 12.3. The molecule has 1 heterocycles. The predicted molar refractivity (Wildman–Crippen MR) is 65.8 cm³/mol. The van der Waals surface area contributed by atoms with Gasteiger partial charge in [-0.25, -0.2) is 0 Å². The Kier molecular flexibility index (Phi) is 2.70. The van der Waals surface area contributed by atoms with Crippen LogP contribution in [0, 0.1) is 17.2 Å². The lowest BCUT2D eigenvalue weighted by atomic mass is 9.88. The van der Waals surface area contributed by atoms with E-state index in [1.54, 1.807) is 31.2 Å². The first-order valence-electron chi connectivity index (χ1n) is 5.82. The summed E-state index contributed by atoms with van der Waals surface area (Å²) in [6, 6.07) is 8.77. The van der Waals surface area contributed by atoms with E-state index in [9.17, 15) is 14.9 Å². The van der Waals surface area contributed by atoms with E-state index in [4.69, 9.17) is 0 Å². The maximum atomic E-state index is 12.3. The molecule has 1 aliphatic rings. The molecule has 1 aliphatic heterocycles. The van der Waals surface area contributed by atoms with Gasteiger partial charge in [0.1, 0.15) is 5.54 Å². The molecule has 1 unspecified atom stereocenters. The van der Waals surface area contributed by atoms with E-state index in [1.807, 2.05) is 13.8 Å². The van der Waals surface area contributed by atoms with E-state index in [1.165, 1.54) is 0 Å². The van der Waals surface area contributed by atoms with Gasteiger partial charge in [0.2, 0.25) is 0 Å². The monoisotopic (exact) mass is 242 g/mol. The zero-order chi connectivity index (χ0) is 13.5. The minimum atomic E-state index is -1.12. The van der Waals surface area contributed by atoms with Crippen LogP contribution in [0.1, 0.15) is 41.5 Å². The molecule has 0 saturated carbocycles. The van der Waals surface area contributed by atoms with Crippen LogP contribution in [0.3, 0.4) is 0 Å². The summed E-state index contributed by atoms with van der Waals surface area (Å²) in [6.07, 6.45) is 0. The summed E-state index contributed by atoms with van der Waals surface area (Å²) in [5, 5.41) is 9.33. The number of hydrogen-bond acceptors (Lipinski definition) is 3. The number of hydrogen-bond donors (Lipinski definition) is 0. The van der Waals surface area contributed by atoms with Crippen molar-refractivity contribution in [2.45, 2.75) is 26.3 Å². The van der Waals surface area contributed by atoms with Crippen LogP contribution in [0.15, 0.2) is 24.3 Å². The Morgan fingerprint density at radius 1 is 1.17 bits per heavy atom. The van der Waals surface area contributed by atoms with Gasteiger partial charge in [0.15, 0.2) is 0 Å². The highest BCUT2D eigenvalue weighted by atomic mass is 16.2. The SMILES string of the molecule is CC(C)C(C)(C#N)N1C(=O)c2ccccc2C1=O. The summed E-state index contributed by atoms with van der Waals surface area (Å²) >= 11 is 0. The van der Waals surface area contributed by atoms with Gasteiger partial charge in [-0.05, 0) is 25.0 Å². The van der Waals surface area contributed by atoms with Crippen molar-refractivity contribution in [1.82, 2.24) is 4.90 Å². The Labute approximate surface area is 106 Å². The molecule has 0 bridgehead atoms.